The Morgan fingerprint density at radius 1 is 1.19 bits per heavy atom. The first kappa shape index (κ1) is 21.7. The zero-order valence-corrected chi connectivity index (χ0v) is 16.8. The van der Waals surface area contributed by atoms with Crippen LogP contribution >= 0.6 is 11.6 Å². The first-order valence-electron chi connectivity index (χ1n) is 8.85. The van der Waals surface area contributed by atoms with Crippen molar-refractivity contribution in [3.05, 3.63) is 80.6 Å². The number of ether oxygens (including phenoxy) is 1. The van der Waals surface area contributed by atoms with Gasteiger partial charge in [-0.05, 0) is 43.3 Å². The van der Waals surface area contributed by atoms with E-state index in [0.29, 0.717) is 23.2 Å². The molecule has 0 fully saturated rings. The van der Waals surface area contributed by atoms with E-state index in [4.69, 9.17) is 20.8 Å². The van der Waals surface area contributed by atoms with Gasteiger partial charge < -0.3 is 14.5 Å². The van der Waals surface area contributed by atoms with Gasteiger partial charge in [0.2, 0.25) is 0 Å². The van der Waals surface area contributed by atoms with Gasteiger partial charge in [-0.1, -0.05) is 17.7 Å². The molecule has 0 radical (unpaired) electrons. The summed E-state index contributed by atoms with van der Waals surface area (Å²) in [5.41, 5.74) is 0.986. The molecule has 2 aromatic carbocycles. The second-order valence-corrected chi connectivity index (χ2v) is 6.80. The number of nitrogens with zero attached hydrogens (tertiary/aromatic N) is 1. The number of amides is 1. The lowest BCUT2D eigenvalue weighted by atomic mass is 10.1. The summed E-state index contributed by atoms with van der Waals surface area (Å²) in [6, 6.07) is 11.7. The van der Waals surface area contributed by atoms with Gasteiger partial charge in [0.25, 0.3) is 11.6 Å². The zero-order chi connectivity index (χ0) is 22.5. The van der Waals surface area contributed by atoms with Gasteiger partial charge in [-0.2, -0.15) is 0 Å². The highest BCUT2D eigenvalue weighted by Crippen LogP contribution is 2.27. The summed E-state index contributed by atoms with van der Waals surface area (Å²) in [6.45, 7) is 0.947. The molecule has 1 amide bonds. The van der Waals surface area contributed by atoms with Crippen LogP contribution in [0.3, 0.4) is 0 Å². The number of anilines is 1. The Labute approximate surface area is 180 Å². The van der Waals surface area contributed by atoms with Crippen LogP contribution in [0.4, 0.5) is 11.4 Å². The maximum Gasteiger partial charge on any atom is 0.340 e. The van der Waals surface area contributed by atoms with E-state index < -0.39 is 23.4 Å². The summed E-state index contributed by atoms with van der Waals surface area (Å²) in [7, 11) is 0. The highest BCUT2D eigenvalue weighted by Gasteiger charge is 2.17. The number of furan rings is 1. The summed E-state index contributed by atoms with van der Waals surface area (Å²) in [5.74, 6) is -1.05. The van der Waals surface area contributed by atoms with Gasteiger partial charge in [0.1, 0.15) is 5.76 Å². The number of aldehydes is 1. The zero-order valence-electron chi connectivity index (χ0n) is 16.1. The van der Waals surface area contributed by atoms with Crippen molar-refractivity contribution in [3.63, 3.8) is 0 Å². The number of nitro groups is 1. The fourth-order valence-electron chi connectivity index (χ4n) is 2.70. The van der Waals surface area contributed by atoms with Crippen molar-refractivity contribution >= 4 is 41.1 Å². The van der Waals surface area contributed by atoms with Crippen molar-refractivity contribution in [1.82, 2.24) is 0 Å². The van der Waals surface area contributed by atoms with Crippen molar-refractivity contribution in [2.75, 3.05) is 11.9 Å². The SMILES string of the molecule is Cc1ccc(NC(=O)COC(=O)c2cc(-c3ccc(C=O)o3)ccc2Cl)cc1[N+](=O)[O-]. The van der Waals surface area contributed by atoms with Crippen molar-refractivity contribution in [1.29, 1.82) is 0 Å². The number of carbonyl (C=O) groups is 3. The Hall–Kier alpha value is -3.98. The minimum Gasteiger partial charge on any atom is -0.453 e. The van der Waals surface area contributed by atoms with E-state index in [1.165, 1.54) is 36.4 Å². The third-order valence-corrected chi connectivity index (χ3v) is 4.57. The molecule has 0 saturated carbocycles. The average molecular weight is 443 g/mol. The van der Waals surface area contributed by atoms with Crippen molar-refractivity contribution < 1.29 is 28.5 Å². The molecule has 1 N–H and O–H groups in total. The van der Waals surface area contributed by atoms with Crippen molar-refractivity contribution in [3.8, 4) is 11.3 Å². The topological polar surface area (TPSA) is 129 Å². The maximum absolute atomic E-state index is 12.4. The first-order chi connectivity index (χ1) is 14.8. The second-order valence-electron chi connectivity index (χ2n) is 6.40. The molecule has 0 aliphatic heterocycles. The van der Waals surface area contributed by atoms with E-state index in [0.717, 1.165) is 0 Å². The van der Waals surface area contributed by atoms with E-state index in [-0.39, 0.29) is 27.7 Å². The predicted molar refractivity (Wildman–Crippen MR) is 111 cm³/mol. The minimum atomic E-state index is -0.848. The van der Waals surface area contributed by atoms with Gasteiger partial charge in [0.05, 0.1) is 15.5 Å². The molecular formula is C21H15ClN2O7. The minimum absolute atomic E-state index is 0.00185. The summed E-state index contributed by atoms with van der Waals surface area (Å²) in [5, 5.41) is 13.5. The molecule has 0 bridgehead atoms. The molecule has 3 aromatic rings. The van der Waals surface area contributed by atoms with Crippen LogP contribution in [0.2, 0.25) is 5.02 Å². The van der Waals surface area contributed by atoms with E-state index in [9.17, 15) is 24.5 Å². The number of esters is 1. The molecule has 1 aromatic heterocycles. The fourth-order valence-corrected chi connectivity index (χ4v) is 2.89. The highest BCUT2D eigenvalue weighted by atomic mass is 35.5. The summed E-state index contributed by atoms with van der Waals surface area (Å²) in [6.07, 6.45) is 0.551. The largest absolute Gasteiger partial charge is 0.453 e. The Bertz CT molecular complexity index is 1190. The second kappa shape index (κ2) is 9.23. The smallest absolute Gasteiger partial charge is 0.340 e. The number of nitro benzene ring substituents is 1. The molecule has 31 heavy (non-hydrogen) atoms. The lowest BCUT2D eigenvalue weighted by molar-refractivity contribution is -0.385. The number of halogens is 1. The summed E-state index contributed by atoms with van der Waals surface area (Å²) >= 11 is 6.07. The molecular weight excluding hydrogens is 428 g/mol. The van der Waals surface area contributed by atoms with Gasteiger partial charge in [0.15, 0.2) is 18.7 Å². The first-order valence-corrected chi connectivity index (χ1v) is 9.23. The van der Waals surface area contributed by atoms with Gasteiger partial charge >= 0.3 is 5.97 Å². The maximum atomic E-state index is 12.4. The van der Waals surface area contributed by atoms with Crippen molar-refractivity contribution in [2.24, 2.45) is 0 Å². The molecule has 0 spiro atoms. The van der Waals surface area contributed by atoms with E-state index in [1.807, 2.05) is 0 Å². The molecule has 0 aliphatic carbocycles. The number of benzene rings is 2. The number of rotatable bonds is 7. The van der Waals surface area contributed by atoms with Crippen LogP contribution in [0.1, 0.15) is 26.5 Å². The van der Waals surface area contributed by atoms with Crippen LogP contribution in [0.15, 0.2) is 52.9 Å². The van der Waals surface area contributed by atoms with Crippen LogP contribution in [-0.2, 0) is 9.53 Å². The van der Waals surface area contributed by atoms with Gasteiger partial charge in [-0.3, -0.25) is 19.7 Å². The van der Waals surface area contributed by atoms with Crippen LogP contribution < -0.4 is 5.32 Å². The lowest BCUT2D eigenvalue weighted by Crippen LogP contribution is -2.21. The average Bonchev–Trinajstić information content (AvgIpc) is 3.23. The van der Waals surface area contributed by atoms with Crippen LogP contribution in [0.5, 0.6) is 0 Å². The molecule has 10 heteroatoms. The van der Waals surface area contributed by atoms with Crippen LogP contribution in [0, 0.1) is 17.0 Å². The standard InChI is InChI=1S/C21H15ClN2O7/c1-12-2-4-14(9-18(12)24(28)29)23-20(26)11-30-21(27)16-8-13(3-6-17(16)22)19-7-5-15(10-25)31-19/h2-10H,11H2,1H3,(H,23,26). The Morgan fingerprint density at radius 2 is 1.97 bits per heavy atom. The molecule has 9 nitrogen and oxygen atoms in total. The molecule has 3 rings (SSSR count). The third kappa shape index (κ3) is 5.14. The van der Waals surface area contributed by atoms with Gasteiger partial charge in [0, 0.05) is 22.9 Å². The monoisotopic (exact) mass is 442 g/mol. The number of aryl methyl sites for hydroxylation is 1. The Balaban J connectivity index is 1.67. The molecule has 158 valence electrons. The van der Waals surface area contributed by atoms with E-state index in [2.05, 4.69) is 5.32 Å². The van der Waals surface area contributed by atoms with Crippen LogP contribution in [-0.4, -0.2) is 29.7 Å². The normalized spacial score (nSPS) is 10.4. The fraction of sp³-hybridized carbons (Fsp3) is 0.0952. The Kier molecular flexibility index (Phi) is 6.46. The molecule has 0 unspecified atom stereocenters. The number of hydrogen-bond acceptors (Lipinski definition) is 7. The third-order valence-electron chi connectivity index (χ3n) is 4.24. The lowest BCUT2D eigenvalue weighted by Gasteiger charge is -2.09. The van der Waals surface area contributed by atoms with Crippen molar-refractivity contribution in [2.45, 2.75) is 6.92 Å². The summed E-state index contributed by atoms with van der Waals surface area (Å²) < 4.78 is 10.3. The predicted octanol–water partition coefficient (Wildman–Crippen LogP) is 4.42. The van der Waals surface area contributed by atoms with E-state index >= 15 is 0 Å². The Morgan fingerprint density at radius 3 is 2.65 bits per heavy atom. The molecule has 1 heterocycles. The number of hydrogen-bond donors (Lipinski definition) is 1. The van der Waals surface area contributed by atoms with E-state index in [1.54, 1.807) is 19.1 Å². The van der Waals surface area contributed by atoms with Gasteiger partial charge in [-0.25, -0.2) is 4.79 Å². The van der Waals surface area contributed by atoms with Gasteiger partial charge in [-0.15, -0.1) is 0 Å². The highest BCUT2D eigenvalue weighted by molar-refractivity contribution is 6.33. The molecule has 0 saturated heterocycles. The molecule has 0 aliphatic rings. The summed E-state index contributed by atoms with van der Waals surface area (Å²) in [4.78, 5) is 45.7. The number of carbonyl (C=O) groups excluding carboxylic acids is 3. The van der Waals surface area contributed by atoms with Crippen LogP contribution in [0.25, 0.3) is 11.3 Å². The number of nitrogens with one attached hydrogen (secondary N) is 1. The quantitative estimate of drug-likeness (QED) is 0.248. The molecule has 0 atom stereocenters.